The second-order valence-corrected chi connectivity index (χ2v) is 6.04. The Morgan fingerprint density at radius 2 is 1.80 bits per heavy atom. The Kier molecular flexibility index (Phi) is 4.14. The molecule has 0 atom stereocenters. The molecule has 1 amide bonds. The van der Waals surface area contributed by atoms with Gasteiger partial charge in [-0.15, -0.1) is 0 Å². The summed E-state index contributed by atoms with van der Waals surface area (Å²) in [5.41, 5.74) is 7.43. The first-order valence-corrected chi connectivity index (χ1v) is 7.12. The Labute approximate surface area is 127 Å². The third-order valence-electron chi connectivity index (χ3n) is 3.30. The van der Waals surface area contributed by atoms with Gasteiger partial charge in [-0.2, -0.15) is 0 Å². The van der Waals surface area contributed by atoms with E-state index in [1.165, 1.54) is 0 Å². The van der Waals surface area contributed by atoms with Crippen LogP contribution in [0.2, 0.25) is 0 Å². The minimum atomic E-state index is -0.609. The number of halogens is 1. The lowest BCUT2D eigenvalue weighted by Gasteiger charge is -2.24. The average molecular weight is 333 g/mol. The van der Waals surface area contributed by atoms with Gasteiger partial charge in [-0.1, -0.05) is 30.3 Å². The molecule has 0 fully saturated rings. The van der Waals surface area contributed by atoms with Crippen LogP contribution in [0.15, 0.2) is 53.0 Å². The minimum Gasteiger partial charge on any atom is -0.399 e. The summed E-state index contributed by atoms with van der Waals surface area (Å²) in [6.07, 6.45) is 0. The van der Waals surface area contributed by atoms with Crippen LogP contribution in [0.3, 0.4) is 0 Å². The highest BCUT2D eigenvalue weighted by Gasteiger charge is 2.29. The van der Waals surface area contributed by atoms with Crippen molar-refractivity contribution in [3.05, 3.63) is 58.6 Å². The second-order valence-electron chi connectivity index (χ2n) is 5.18. The summed E-state index contributed by atoms with van der Waals surface area (Å²) in [5.74, 6) is -0.0610. The first kappa shape index (κ1) is 14.6. The zero-order chi connectivity index (χ0) is 14.8. The molecule has 0 radical (unpaired) electrons. The van der Waals surface area contributed by atoms with Gasteiger partial charge < -0.3 is 11.1 Å². The summed E-state index contributed by atoms with van der Waals surface area (Å²) in [4.78, 5) is 12.5. The summed E-state index contributed by atoms with van der Waals surface area (Å²) in [5, 5.41) is 2.93. The molecule has 0 aliphatic rings. The Hall–Kier alpha value is -1.81. The van der Waals surface area contributed by atoms with Crippen molar-refractivity contribution >= 4 is 33.2 Å². The molecule has 2 aromatic rings. The predicted octanol–water partition coefficient (Wildman–Crippen LogP) is 3.95. The summed E-state index contributed by atoms with van der Waals surface area (Å²) in [6.45, 7) is 3.81. The van der Waals surface area contributed by atoms with Gasteiger partial charge in [0.15, 0.2) is 0 Å². The molecule has 2 rings (SSSR count). The molecule has 0 saturated carbocycles. The maximum Gasteiger partial charge on any atom is 0.234 e. The first-order valence-electron chi connectivity index (χ1n) is 6.33. The lowest BCUT2D eigenvalue weighted by molar-refractivity contribution is -0.120. The van der Waals surface area contributed by atoms with Crippen molar-refractivity contribution in [2.24, 2.45) is 0 Å². The van der Waals surface area contributed by atoms with Crippen molar-refractivity contribution in [1.82, 2.24) is 0 Å². The van der Waals surface area contributed by atoms with Crippen LogP contribution in [0.1, 0.15) is 19.4 Å². The molecule has 0 saturated heterocycles. The maximum atomic E-state index is 12.5. The third kappa shape index (κ3) is 3.02. The molecule has 104 valence electrons. The predicted molar refractivity (Wildman–Crippen MR) is 86.7 cm³/mol. The van der Waals surface area contributed by atoms with Gasteiger partial charge in [0.2, 0.25) is 5.91 Å². The molecule has 0 bridgehead atoms. The average Bonchev–Trinajstić information content (AvgIpc) is 2.42. The van der Waals surface area contributed by atoms with E-state index in [-0.39, 0.29) is 5.91 Å². The fourth-order valence-corrected chi connectivity index (χ4v) is 2.39. The fraction of sp³-hybridized carbons (Fsp3) is 0.188. The molecular weight excluding hydrogens is 316 g/mol. The van der Waals surface area contributed by atoms with E-state index in [0.717, 1.165) is 10.0 Å². The van der Waals surface area contributed by atoms with E-state index in [0.29, 0.717) is 11.4 Å². The zero-order valence-electron chi connectivity index (χ0n) is 11.5. The lowest BCUT2D eigenvalue weighted by atomic mass is 9.83. The van der Waals surface area contributed by atoms with Crippen molar-refractivity contribution in [3.8, 4) is 0 Å². The number of hydrogen-bond acceptors (Lipinski definition) is 2. The summed E-state index contributed by atoms with van der Waals surface area (Å²) in [7, 11) is 0. The van der Waals surface area contributed by atoms with Crippen molar-refractivity contribution in [3.63, 3.8) is 0 Å². The molecule has 4 heteroatoms. The van der Waals surface area contributed by atoms with Gasteiger partial charge in [0, 0.05) is 10.2 Å². The van der Waals surface area contributed by atoms with Gasteiger partial charge in [0.05, 0.1) is 11.1 Å². The van der Waals surface area contributed by atoms with Crippen LogP contribution in [-0.2, 0) is 10.2 Å². The van der Waals surface area contributed by atoms with Gasteiger partial charge in [-0.05, 0) is 53.5 Å². The van der Waals surface area contributed by atoms with Crippen LogP contribution in [0.5, 0.6) is 0 Å². The van der Waals surface area contributed by atoms with Crippen LogP contribution in [0, 0.1) is 0 Å². The Morgan fingerprint density at radius 3 is 2.40 bits per heavy atom. The number of anilines is 2. The van der Waals surface area contributed by atoms with E-state index in [2.05, 4.69) is 21.2 Å². The standard InChI is InChI=1S/C16H17BrN2O/c1-16(2,11-6-4-3-5-7-11)15(20)19-14-9-8-12(18)10-13(14)17/h3-10H,18H2,1-2H3,(H,19,20). The minimum absolute atomic E-state index is 0.0610. The molecule has 3 N–H and O–H groups in total. The number of nitrogens with two attached hydrogens (primary N) is 1. The number of hydrogen-bond donors (Lipinski definition) is 2. The highest BCUT2D eigenvalue weighted by atomic mass is 79.9. The second kappa shape index (κ2) is 5.67. The lowest BCUT2D eigenvalue weighted by Crippen LogP contribution is -2.34. The molecule has 20 heavy (non-hydrogen) atoms. The van der Waals surface area contributed by atoms with Crippen LogP contribution in [0.4, 0.5) is 11.4 Å². The maximum absolute atomic E-state index is 12.5. The quantitative estimate of drug-likeness (QED) is 0.836. The van der Waals surface area contributed by atoms with Crippen LogP contribution < -0.4 is 11.1 Å². The first-order chi connectivity index (χ1) is 9.41. The number of nitrogens with one attached hydrogen (secondary N) is 1. The Bertz CT molecular complexity index is 624. The van der Waals surface area contributed by atoms with Gasteiger partial charge >= 0.3 is 0 Å². The number of carbonyl (C=O) groups excluding carboxylic acids is 1. The normalized spacial score (nSPS) is 11.2. The molecule has 0 aliphatic heterocycles. The number of carbonyl (C=O) groups is 1. The Balaban J connectivity index is 2.23. The van der Waals surface area contributed by atoms with Gasteiger partial charge in [-0.3, -0.25) is 4.79 Å². The van der Waals surface area contributed by atoms with E-state index in [1.807, 2.05) is 44.2 Å². The smallest absolute Gasteiger partial charge is 0.234 e. The summed E-state index contributed by atoms with van der Waals surface area (Å²) >= 11 is 3.40. The van der Waals surface area contributed by atoms with Crippen molar-refractivity contribution in [2.75, 3.05) is 11.1 Å². The van der Waals surface area contributed by atoms with E-state index >= 15 is 0 Å². The van der Waals surface area contributed by atoms with Gasteiger partial charge in [0.25, 0.3) is 0 Å². The highest BCUT2D eigenvalue weighted by Crippen LogP contribution is 2.29. The van der Waals surface area contributed by atoms with E-state index in [4.69, 9.17) is 5.73 Å². The van der Waals surface area contributed by atoms with E-state index in [1.54, 1.807) is 18.2 Å². The molecular formula is C16H17BrN2O. The number of nitrogen functional groups attached to an aromatic ring is 1. The van der Waals surface area contributed by atoms with Crippen molar-refractivity contribution < 1.29 is 4.79 Å². The largest absolute Gasteiger partial charge is 0.399 e. The molecule has 2 aromatic carbocycles. The van der Waals surface area contributed by atoms with Crippen molar-refractivity contribution in [2.45, 2.75) is 19.3 Å². The van der Waals surface area contributed by atoms with Crippen LogP contribution >= 0.6 is 15.9 Å². The van der Waals surface area contributed by atoms with E-state index < -0.39 is 5.41 Å². The van der Waals surface area contributed by atoms with Crippen molar-refractivity contribution in [1.29, 1.82) is 0 Å². The number of rotatable bonds is 3. The Morgan fingerprint density at radius 1 is 1.15 bits per heavy atom. The molecule has 3 nitrogen and oxygen atoms in total. The number of benzene rings is 2. The molecule has 0 aliphatic carbocycles. The van der Waals surface area contributed by atoms with Gasteiger partial charge in [0.1, 0.15) is 0 Å². The molecule has 0 aromatic heterocycles. The summed E-state index contributed by atoms with van der Waals surface area (Å²) in [6, 6.07) is 15.0. The van der Waals surface area contributed by atoms with E-state index in [9.17, 15) is 4.79 Å². The van der Waals surface area contributed by atoms with Crippen LogP contribution in [0.25, 0.3) is 0 Å². The topological polar surface area (TPSA) is 55.1 Å². The molecule has 0 spiro atoms. The van der Waals surface area contributed by atoms with Crippen LogP contribution in [-0.4, -0.2) is 5.91 Å². The van der Waals surface area contributed by atoms with Gasteiger partial charge in [-0.25, -0.2) is 0 Å². The summed E-state index contributed by atoms with van der Waals surface area (Å²) < 4.78 is 0.773. The zero-order valence-corrected chi connectivity index (χ0v) is 13.1. The molecule has 0 heterocycles. The molecule has 0 unspecified atom stereocenters. The third-order valence-corrected chi connectivity index (χ3v) is 3.96. The monoisotopic (exact) mass is 332 g/mol. The number of amides is 1. The highest BCUT2D eigenvalue weighted by molar-refractivity contribution is 9.10. The SMILES string of the molecule is CC(C)(C(=O)Nc1ccc(N)cc1Br)c1ccccc1. The fourth-order valence-electron chi connectivity index (χ4n) is 1.90.